The highest BCUT2D eigenvalue weighted by atomic mass is 16.1. The van der Waals surface area contributed by atoms with Gasteiger partial charge in [0.1, 0.15) is 5.52 Å². The molecule has 5 rings (SSSR count). The van der Waals surface area contributed by atoms with Gasteiger partial charge in [0.15, 0.2) is 11.6 Å². The number of aromatic amines is 1. The van der Waals surface area contributed by atoms with Crippen LogP contribution < -0.4 is 16.0 Å². The van der Waals surface area contributed by atoms with Crippen molar-refractivity contribution in [3.63, 3.8) is 0 Å². The molecule has 0 bridgehead atoms. The van der Waals surface area contributed by atoms with Crippen LogP contribution in [0.5, 0.6) is 0 Å². The molecule has 2 aliphatic rings. The van der Waals surface area contributed by atoms with Gasteiger partial charge in [0.2, 0.25) is 12.4 Å². The Labute approximate surface area is 163 Å². The van der Waals surface area contributed by atoms with Crippen molar-refractivity contribution in [3.05, 3.63) is 30.1 Å². The maximum Gasteiger partial charge on any atom is 0.245 e. The molecule has 1 aliphatic carbocycles. The lowest BCUT2D eigenvalue weighted by Gasteiger charge is -2.16. The van der Waals surface area contributed by atoms with Crippen molar-refractivity contribution in [2.75, 3.05) is 23.3 Å². The maximum atomic E-state index is 8.58. The Morgan fingerprint density at radius 3 is 2.68 bits per heavy atom. The van der Waals surface area contributed by atoms with Gasteiger partial charge in [0.05, 0.1) is 0 Å². The lowest BCUT2D eigenvalue weighted by Crippen LogP contribution is -2.22. The van der Waals surface area contributed by atoms with Crippen LogP contribution in [0.15, 0.2) is 24.4 Å². The number of amides is 1. The second kappa shape index (κ2) is 8.90. The van der Waals surface area contributed by atoms with Crippen LogP contribution >= 0.6 is 0 Å². The number of aromatic nitrogens is 5. The normalized spacial score (nSPS) is 15.3. The third-order valence-electron chi connectivity index (χ3n) is 4.63. The molecule has 9 heteroatoms. The highest BCUT2D eigenvalue weighted by molar-refractivity contribution is 5.73. The molecule has 1 saturated carbocycles. The summed E-state index contributed by atoms with van der Waals surface area (Å²) in [5.41, 5.74) is 6.34. The van der Waals surface area contributed by atoms with Crippen LogP contribution in [0.1, 0.15) is 37.3 Å². The van der Waals surface area contributed by atoms with Crippen molar-refractivity contribution >= 4 is 29.5 Å². The number of primary amides is 1. The highest BCUT2D eigenvalue weighted by Gasteiger charge is 2.25. The summed E-state index contributed by atoms with van der Waals surface area (Å²) in [6, 6.07) is 6.10. The predicted molar refractivity (Wildman–Crippen MR) is 108 cm³/mol. The number of rotatable bonds is 4. The molecule has 4 heterocycles. The van der Waals surface area contributed by atoms with E-state index in [1.54, 1.807) is 0 Å². The summed E-state index contributed by atoms with van der Waals surface area (Å²) in [7, 11) is 0. The molecule has 9 nitrogen and oxygen atoms in total. The highest BCUT2D eigenvalue weighted by Crippen LogP contribution is 2.39. The van der Waals surface area contributed by atoms with Gasteiger partial charge in [-0.2, -0.15) is 10.1 Å². The number of fused-ring (bicyclic) bond motifs is 1. The molecule has 1 amide bonds. The van der Waals surface area contributed by atoms with Crippen molar-refractivity contribution in [1.82, 2.24) is 24.8 Å². The van der Waals surface area contributed by atoms with Crippen LogP contribution in [0, 0.1) is 12.8 Å². The number of anilines is 3. The average Bonchev–Trinajstić information content (AvgIpc) is 3.12. The quantitative estimate of drug-likeness (QED) is 0.471. The van der Waals surface area contributed by atoms with Crippen molar-refractivity contribution in [2.45, 2.75) is 31.6 Å². The Balaban J connectivity index is 0.000000414. The van der Waals surface area contributed by atoms with Crippen molar-refractivity contribution in [3.8, 4) is 12.8 Å². The van der Waals surface area contributed by atoms with E-state index in [9.17, 15) is 0 Å². The number of terminal acetylenes is 1. The maximum absolute atomic E-state index is 8.58. The molecule has 1 saturated heterocycles. The molecule has 2 fully saturated rings. The van der Waals surface area contributed by atoms with Gasteiger partial charge < -0.3 is 16.0 Å². The molecule has 0 unspecified atom stereocenters. The van der Waals surface area contributed by atoms with Crippen LogP contribution in [0.4, 0.5) is 17.6 Å². The first-order valence-corrected chi connectivity index (χ1v) is 9.20. The van der Waals surface area contributed by atoms with Crippen molar-refractivity contribution in [1.29, 1.82) is 0 Å². The first-order chi connectivity index (χ1) is 13.8. The molecule has 3 aromatic rings. The van der Waals surface area contributed by atoms with Gasteiger partial charge in [-0.15, -0.1) is 17.9 Å². The molecule has 0 atom stereocenters. The topological polar surface area (TPSA) is 117 Å². The molecule has 0 spiro atoms. The molecular formula is C19H24N8O. The molecule has 28 heavy (non-hydrogen) atoms. The fourth-order valence-electron chi connectivity index (χ4n) is 3.19. The third kappa shape index (κ3) is 4.23. The monoisotopic (exact) mass is 380 g/mol. The van der Waals surface area contributed by atoms with Crippen LogP contribution in [-0.4, -0.2) is 44.3 Å². The number of carbonyl (C=O) groups excluding carboxylic acids is 1. The number of carbonyl (C=O) groups is 1. The summed E-state index contributed by atoms with van der Waals surface area (Å²) in [5.74, 6) is 3.07. The number of hydrogen-bond acceptors (Lipinski definition) is 6. The second-order valence-electron chi connectivity index (χ2n) is 6.54. The summed E-state index contributed by atoms with van der Waals surface area (Å²) in [6.45, 7) is 2.06. The number of nitrogens with one attached hydrogen (secondary N) is 2. The van der Waals surface area contributed by atoms with E-state index in [1.165, 1.54) is 31.4 Å². The van der Waals surface area contributed by atoms with E-state index in [-0.39, 0.29) is 6.41 Å². The van der Waals surface area contributed by atoms with Gasteiger partial charge in [-0.25, -0.2) is 4.52 Å². The Bertz CT molecular complexity index is 934. The zero-order valence-electron chi connectivity index (χ0n) is 15.6. The first kappa shape index (κ1) is 19.2. The van der Waals surface area contributed by atoms with Gasteiger partial charge in [0, 0.05) is 37.0 Å². The molecular weight excluding hydrogens is 356 g/mol. The largest absolute Gasteiger partial charge is 0.372 e. The van der Waals surface area contributed by atoms with Crippen molar-refractivity contribution in [2.24, 2.45) is 5.73 Å². The Morgan fingerprint density at radius 1 is 1.29 bits per heavy atom. The van der Waals surface area contributed by atoms with Gasteiger partial charge in [-0.1, -0.05) is 0 Å². The van der Waals surface area contributed by atoms with E-state index in [4.69, 9.17) is 9.78 Å². The number of nitrogens with two attached hydrogens (primary N) is 1. The molecule has 4 N–H and O–H groups in total. The molecule has 0 aromatic carbocycles. The SMILES string of the molecule is C#C.NC=O.c1cc2c(Nc3cc(C4CC4)[nH]n3)nc(N3CCCC3)nn2c1. The third-order valence-corrected chi connectivity index (χ3v) is 4.63. The van der Waals surface area contributed by atoms with Crippen molar-refractivity contribution < 1.29 is 4.79 Å². The zero-order valence-corrected chi connectivity index (χ0v) is 15.6. The fraction of sp³-hybridized carbons (Fsp3) is 0.368. The molecule has 1 aliphatic heterocycles. The second-order valence-corrected chi connectivity index (χ2v) is 6.54. The first-order valence-electron chi connectivity index (χ1n) is 9.20. The Morgan fingerprint density at radius 2 is 2.00 bits per heavy atom. The van der Waals surface area contributed by atoms with Gasteiger partial charge in [-0.3, -0.25) is 9.89 Å². The van der Waals surface area contributed by atoms with Crippen LogP contribution in [-0.2, 0) is 4.79 Å². The average molecular weight is 380 g/mol. The predicted octanol–water partition coefficient (Wildman–Crippen LogP) is 2.02. The van der Waals surface area contributed by atoms with Gasteiger partial charge in [-0.05, 0) is 37.8 Å². The Kier molecular flexibility index (Phi) is 6.11. The summed E-state index contributed by atoms with van der Waals surface area (Å²) >= 11 is 0. The minimum atomic E-state index is 0.250. The molecule has 146 valence electrons. The van der Waals surface area contributed by atoms with E-state index < -0.39 is 0 Å². The number of hydrogen-bond donors (Lipinski definition) is 3. The van der Waals surface area contributed by atoms with Crippen LogP contribution in [0.2, 0.25) is 0 Å². The fourth-order valence-corrected chi connectivity index (χ4v) is 3.19. The summed E-state index contributed by atoms with van der Waals surface area (Å²) in [5, 5.41) is 15.5. The van der Waals surface area contributed by atoms with Crippen LogP contribution in [0.25, 0.3) is 5.52 Å². The lowest BCUT2D eigenvalue weighted by molar-refractivity contribution is -0.106. The van der Waals surface area contributed by atoms with E-state index in [2.05, 4.69) is 50.2 Å². The van der Waals surface area contributed by atoms with E-state index in [0.29, 0.717) is 5.92 Å². The molecule has 3 aromatic heterocycles. The van der Waals surface area contributed by atoms with Crippen LogP contribution in [0.3, 0.4) is 0 Å². The number of nitrogens with zero attached hydrogens (tertiary/aromatic N) is 5. The number of H-pyrrole nitrogens is 1. The zero-order chi connectivity index (χ0) is 19.9. The summed E-state index contributed by atoms with van der Waals surface area (Å²) < 4.78 is 1.89. The molecule has 0 radical (unpaired) electrons. The summed E-state index contributed by atoms with van der Waals surface area (Å²) in [4.78, 5) is 15.6. The minimum absolute atomic E-state index is 0.250. The lowest BCUT2D eigenvalue weighted by atomic mass is 10.3. The summed E-state index contributed by atoms with van der Waals surface area (Å²) in [6.07, 6.45) is 15.1. The van der Waals surface area contributed by atoms with E-state index >= 15 is 0 Å². The minimum Gasteiger partial charge on any atom is -0.372 e. The van der Waals surface area contributed by atoms with Gasteiger partial charge in [0.25, 0.3) is 0 Å². The smallest absolute Gasteiger partial charge is 0.245 e. The van der Waals surface area contributed by atoms with E-state index in [0.717, 1.165) is 36.2 Å². The Hall–Kier alpha value is -3.54. The van der Waals surface area contributed by atoms with E-state index in [1.807, 2.05) is 22.8 Å². The van der Waals surface area contributed by atoms with Gasteiger partial charge >= 0.3 is 0 Å². The standard InChI is InChI=1S/C16H19N7.C2H2.CH3NO/c1-2-8-22(7-1)16-18-15(13-4-3-9-23(13)21-16)17-14-10-12(19-20-14)11-5-6-11;1-2;2-1-3/h3-4,9-11H,1-2,5-8H2,(H2,17,18,19,20,21);1-2H;1H,(H2,2,3).